The molecule has 26 heavy (non-hydrogen) atoms. The second-order valence-electron chi connectivity index (χ2n) is 8.06. The number of fused-ring (bicyclic) bond motifs is 1. The normalized spacial score (nSPS) is 19.6. The van der Waals surface area contributed by atoms with E-state index >= 15 is 0 Å². The highest BCUT2D eigenvalue weighted by atomic mass is 32.1. The van der Waals surface area contributed by atoms with Gasteiger partial charge in [-0.3, -0.25) is 4.79 Å². The Bertz CT molecular complexity index is 742. The van der Waals surface area contributed by atoms with Gasteiger partial charge in [0.2, 0.25) is 0 Å². The molecule has 2 N–H and O–H groups in total. The van der Waals surface area contributed by atoms with Crippen molar-refractivity contribution in [1.82, 2.24) is 5.32 Å². The van der Waals surface area contributed by atoms with Crippen molar-refractivity contribution in [3.8, 4) is 0 Å². The number of thiophene rings is 1. The van der Waals surface area contributed by atoms with E-state index in [9.17, 15) is 19.5 Å². The predicted octanol–water partition coefficient (Wildman–Crippen LogP) is 3.87. The summed E-state index contributed by atoms with van der Waals surface area (Å²) < 4.78 is 5.33. The SMILES string of the molecule is CC(C)(C)OC(=O)NC1CCCc2c1sc(CC(=O)C1CC1)c2C(=O)O. The topological polar surface area (TPSA) is 92.7 Å². The van der Waals surface area contributed by atoms with Gasteiger partial charge in [-0.2, -0.15) is 0 Å². The first kappa shape index (κ1) is 18.9. The number of carboxylic acid groups (broad SMARTS) is 1. The van der Waals surface area contributed by atoms with E-state index in [4.69, 9.17) is 4.74 Å². The van der Waals surface area contributed by atoms with E-state index < -0.39 is 17.7 Å². The molecule has 1 saturated carbocycles. The van der Waals surface area contributed by atoms with E-state index in [1.807, 2.05) is 0 Å². The van der Waals surface area contributed by atoms with E-state index in [1.165, 1.54) is 11.3 Å². The summed E-state index contributed by atoms with van der Waals surface area (Å²) in [6.07, 6.45) is 3.70. The Morgan fingerprint density at radius 2 is 1.92 bits per heavy atom. The average Bonchev–Trinajstić information content (AvgIpc) is 3.27. The first-order valence-corrected chi connectivity index (χ1v) is 9.87. The molecular weight excluding hydrogens is 354 g/mol. The fraction of sp³-hybridized carbons (Fsp3) is 0.632. The molecule has 0 spiro atoms. The number of nitrogens with one attached hydrogen (secondary N) is 1. The number of hydrogen-bond acceptors (Lipinski definition) is 5. The van der Waals surface area contributed by atoms with Gasteiger partial charge < -0.3 is 15.2 Å². The first-order chi connectivity index (χ1) is 12.2. The van der Waals surface area contributed by atoms with Gasteiger partial charge in [0.1, 0.15) is 11.4 Å². The zero-order valence-corrected chi connectivity index (χ0v) is 16.2. The lowest BCUT2D eigenvalue weighted by atomic mass is 9.91. The number of ketones is 1. The summed E-state index contributed by atoms with van der Waals surface area (Å²) in [6.45, 7) is 5.40. The van der Waals surface area contributed by atoms with Crippen molar-refractivity contribution >= 4 is 29.2 Å². The lowest BCUT2D eigenvalue weighted by Gasteiger charge is -2.26. The molecule has 1 unspecified atom stereocenters. The molecule has 6 nitrogen and oxygen atoms in total. The van der Waals surface area contributed by atoms with Crippen molar-refractivity contribution in [1.29, 1.82) is 0 Å². The van der Waals surface area contributed by atoms with Crippen LogP contribution in [0.4, 0.5) is 4.79 Å². The second kappa shape index (κ2) is 7.02. The van der Waals surface area contributed by atoms with Crippen molar-refractivity contribution in [2.24, 2.45) is 5.92 Å². The second-order valence-corrected chi connectivity index (χ2v) is 9.19. The molecule has 0 bridgehead atoms. The summed E-state index contributed by atoms with van der Waals surface area (Å²) in [7, 11) is 0. The van der Waals surface area contributed by atoms with Crippen LogP contribution in [-0.2, 0) is 22.4 Å². The third-order valence-corrected chi connectivity index (χ3v) is 5.97. The van der Waals surface area contributed by atoms with Crippen LogP contribution in [-0.4, -0.2) is 28.6 Å². The molecule has 1 heterocycles. The molecule has 1 amide bonds. The zero-order valence-electron chi connectivity index (χ0n) is 15.4. The number of hydrogen-bond donors (Lipinski definition) is 2. The number of aromatic carboxylic acids is 1. The van der Waals surface area contributed by atoms with Crippen LogP contribution >= 0.6 is 11.3 Å². The highest BCUT2D eigenvalue weighted by Gasteiger charge is 2.35. The van der Waals surface area contributed by atoms with Gasteiger partial charge in [0.25, 0.3) is 0 Å². The minimum Gasteiger partial charge on any atom is -0.478 e. The minimum atomic E-state index is -0.987. The summed E-state index contributed by atoms with van der Waals surface area (Å²) in [4.78, 5) is 37.6. The highest BCUT2D eigenvalue weighted by Crippen LogP contribution is 2.41. The summed E-state index contributed by atoms with van der Waals surface area (Å²) in [5.74, 6) is -0.756. The molecule has 2 aliphatic rings. The zero-order chi connectivity index (χ0) is 19.1. The van der Waals surface area contributed by atoms with Crippen molar-refractivity contribution in [2.75, 3.05) is 0 Å². The molecule has 142 valence electrons. The Kier molecular flexibility index (Phi) is 5.10. The molecule has 1 fully saturated rings. The molecular formula is C19H25NO5S. The standard InChI is InChI=1S/C19H25NO5S/c1-19(2,3)25-18(24)20-12-6-4-5-11-15(17(22)23)14(26-16(11)12)9-13(21)10-7-8-10/h10,12H,4-9H2,1-3H3,(H,20,24)(H,22,23). The Labute approximate surface area is 156 Å². The molecule has 1 atom stereocenters. The predicted molar refractivity (Wildman–Crippen MR) is 97.8 cm³/mol. The molecule has 0 aliphatic heterocycles. The summed E-state index contributed by atoms with van der Waals surface area (Å²) in [6, 6.07) is -0.263. The largest absolute Gasteiger partial charge is 0.478 e. The summed E-state index contributed by atoms with van der Waals surface area (Å²) >= 11 is 1.36. The maximum absolute atomic E-state index is 12.2. The number of carbonyl (C=O) groups is 3. The van der Waals surface area contributed by atoms with Crippen molar-refractivity contribution in [3.05, 3.63) is 20.9 Å². The Hall–Kier alpha value is -1.89. The minimum absolute atomic E-state index is 0.103. The van der Waals surface area contributed by atoms with E-state index in [0.717, 1.165) is 36.1 Å². The number of ether oxygens (including phenoxy) is 1. The number of carboxylic acids is 1. The third-order valence-electron chi connectivity index (χ3n) is 4.62. The number of alkyl carbamates (subject to hydrolysis) is 1. The Balaban J connectivity index is 1.85. The fourth-order valence-electron chi connectivity index (χ4n) is 3.35. The van der Waals surface area contributed by atoms with E-state index in [-0.39, 0.29) is 29.7 Å². The monoisotopic (exact) mass is 379 g/mol. The Morgan fingerprint density at radius 1 is 1.23 bits per heavy atom. The highest BCUT2D eigenvalue weighted by molar-refractivity contribution is 7.12. The van der Waals surface area contributed by atoms with Gasteiger partial charge in [-0.15, -0.1) is 11.3 Å². The van der Waals surface area contributed by atoms with Crippen LogP contribution in [0.3, 0.4) is 0 Å². The molecule has 1 aromatic heterocycles. The molecule has 7 heteroatoms. The molecule has 3 rings (SSSR count). The molecule has 1 aromatic rings. The van der Waals surface area contributed by atoms with Crippen LogP contribution in [0.15, 0.2) is 0 Å². The van der Waals surface area contributed by atoms with Crippen molar-refractivity contribution in [2.45, 2.75) is 70.9 Å². The van der Waals surface area contributed by atoms with E-state index in [1.54, 1.807) is 20.8 Å². The van der Waals surface area contributed by atoms with Gasteiger partial charge in [-0.05, 0) is 58.4 Å². The van der Waals surface area contributed by atoms with E-state index in [2.05, 4.69) is 5.32 Å². The van der Waals surface area contributed by atoms with Gasteiger partial charge >= 0.3 is 12.1 Å². The van der Waals surface area contributed by atoms with Gasteiger partial charge in [0.05, 0.1) is 11.6 Å². The maximum Gasteiger partial charge on any atom is 0.408 e. The van der Waals surface area contributed by atoms with Gasteiger partial charge in [-0.25, -0.2) is 9.59 Å². The Morgan fingerprint density at radius 3 is 2.50 bits per heavy atom. The van der Waals surface area contributed by atoms with Crippen LogP contribution in [0, 0.1) is 5.92 Å². The van der Waals surface area contributed by atoms with Crippen molar-refractivity contribution < 1.29 is 24.2 Å². The number of carbonyl (C=O) groups excluding carboxylic acids is 2. The third kappa shape index (κ3) is 4.26. The fourth-order valence-corrected chi connectivity index (χ4v) is 4.79. The summed E-state index contributed by atoms with van der Waals surface area (Å²) in [5.41, 5.74) is 0.452. The van der Waals surface area contributed by atoms with Crippen molar-refractivity contribution in [3.63, 3.8) is 0 Å². The van der Waals surface area contributed by atoms with Crippen LogP contribution in [0.25, 0.3) is 0 Å². The average molecular weight is 379 g/mol. The van der Waals surface area contributed by atoms with Crippen LogP contribution < -0.4 is 5.32 Å². The van der Waals surface area contributed by atoms with E-state index in [0.29, 0.717) is 11.3 Å². The smallest absolute Gasteiger partial charge is 0.408 e. The molecule has 2 aliphatic carbocycles. The maximum atomic E-state index is 12.2. The van der Waals surface area contributed by atoms with Crippen LogP contribution in [0.5, 0.6) is 0 Å². The molecule has 0 saturated heterocycles. The molecule has 0 aromatic carbocycles. The lowest BCUT2D eigenvalue weighted by Crippen LogP contribution is -2.35. The van der Waals surface area contributed by atoms with Crippen LogP contribution in [0.1, 0.15) is 78.2 Å². The first-order valence-electron chi connectivity index (χ1n) is 9.05. The number of rotatable bonds is 5. The number of amides is 1. The van der Waals surface area contributed by atoms with Gasteiger partial charge in [0, 0.05) is 22.1 Å². The van der Waals surface area contributed by atoms with Gasteiger partial charge in [-0.1, -0.05) is 0 Å². The van der Waals surface area contributed by atoms with Crippen LogP contribution in [0.2, 0.25) is 0 Å². The summed E-state index contributed by atoms with van der Waals surface area (Å²) in [5, 5.41) is 12.6. The number of Topliss-reactive ketones (excluding diaryl/α,β-unsaturated/α-hetero) is 1. The molecule has 0 radical (unpaired) electrons. The quantitative estimate of drug-likeness (QED) is 0.810. The van der Waals surface area contributed by atoms with Gasteiger partial charge in [0.15, 0.2) is 0 Å². The lowest BCUT2D eigenvalue weighted by molar-refractivity contribution is -0.119.